The van der Waals surface area contributed by atoms with Gasteiger partial charge in [-0.05, 0) is 18.6 Å². The number of carbonyl (C=O) groups excluding carboxylic acids is 1. The van der Waals surface area contributed by atoms with E-state index >= 15 is 0 Å². The van der Waals surface area contributed by atoms with Crippen molar-refractivity contribution in [2.45, 2.75) is 6.92 Å². The lowest BCUT2D eigenvalue weighted by Crippen LogP contribution is -2.36. The van der Waals surface area contributed by atoms with Crippen LogP contribution in [0.15, 0.2) is 24.3 Å². The number of amides is 1. The van der Waals surface area contributed by atoms with E-state index < -0.39 is 0 Å². The monoisotopic (exact) mass is 272 g/mol. The Morgan fingerprint density at radius 1 is 1.30 bits per heavy atom. The fourth-order valence-electron chi connectivity index (χ4n) is 2.04. The summed E-state index contributed by atoms with van der Waals surface area (Å²) in [4.78, 5) is 14.2. The van der Waals surface area contributed by atoms with Gasteiger partial charge in [0.15, 0.2) is 0 Å². The molecule has 0 atom stereocenters. The molecule has 0 unspecified atom stereocenters. The number of nitrogens with one attached hydrogen (secondary N) is 1. The van der Waals surface area contributed by atoms with Crippen LogP contribution in [0.25, 0.3) is 0 Å². The predicted octanol–water partition coefficient (Wildman–Crippen LogP) is 1.06. The number of nitrogens with zero attached hydrogens (tertiary/aromatic N) is 1. The minimum absolute atomic E-state index is 0.0660. The zero-order valence-electron chi connectivity index (χ0n) is 11.8. The smallest absolute Gasteiger partial charge is 0.252 e. The van der Waals surface area contributed by atoms with E-state index in [9.17, 15) is 4.79 Å². The number of aryl methyl sites for hydroxylation is 1. The van der Waals surface area contributed by atoms with Gasteiger partial charge in [-0.15, -0.1) is 0 Å². The summed E-state index contributed by atoms with van der Waals surface area (Å²) >= 11 is 0. The minimum atomic E-state index is -0.0660. The molecule has 0 saturated carbocycles. The molecule has 0 bridgehead atoms. The summed E-state index contributed by atoms with van der Waals surface area (Å²) in [5.41, 5.74) is 1.69. The maximum Gasteiger partial charge on any atom is 0.252 e. The second kappa shape index (κ2) is 7.68. The van der Waals surface area contributed by atoms with Crippen LogP contribution in [0.5, 0.6) is 0 Å². The third-order valence-electron chi connectivity index (χ3n) is 3.26. The lowest BCUT2D eigenvalue weighted by atomic mass is 10.1. The van der Waals surface area contributed by atoms with Gasteiger partial charge in [-0.1, -0.05) is 30.0 Å². The highest BCUT2D eigenvalue weighted by Crippen LogP contribution is 2.05. The first-order chi connectivity index (χ1) is 9.77. The first-order valence-electron chi connectivity index (χ1n) is 6.87. The van der Waals surface area contributed by atoms with Crippen molar-refractivity contribution in [2.75, 3.05) is 39.4 Å². The van der Waals surface area contributed by atoms with Crippen LogP contribution >= 0.6 is 0 Å². The van der Waals surface area contributed by atoms with Crippen molar-refractivity contribution in [2.24, 2.45) is 0 Å². The summed E-state index contributed by atoms with van der Waals surface area (Å²) < 4.78 is 5.27. The highest BCUT2D eigenvalue weighted by Gasteiger charge is 2.08. The van der Waals surface area contributed by atoms with Crippen LogP contribution in [-0.2, 0) is 4.74 Å². The molecule has 4 heteroatoms. The van der Waals surface area contributed by atoms with Gasteiger partial charge in [0.2, 0.25) is 0 Å². The Hall–Kier alpha value is -1.83. The molecule has 0 aromatic heterocycles. The maximum absolute atomic E-state index is 11.9. The molecule has 1 saturated heterocycles. The number of benzene rings is 1. The van der Waals surface area contributed by atoms with E-state index in [2.05, 4.69) is 22.1 Å². The van der Waals surface area contributed by atoms with E-state index in [4.69, 9.17) is 4.74 Å². The van der Waals surface area contributed by atoms with Crippen molar-refractivity contribution in [3.05, 3.63) is 35.4 Å². The molecule has 0 radical (unpaired) electrons. The second-order valence-electron chi connectivity index (χ2n) is 4.74. The fraction of sp³-hybridized carbons (Fsp3) is 0.438. The maximum atomic E-state index is 11.9. The van der Waals surface area contributed by atoms with Crippen LogP contribution in [0.1, 0.15) is 15.9 Å². The van der Waals surface area contributed by atoms with Gasteiger partial charge in [0.1, 0.15) is 0 Å². The van der Waals surface area contributed by atoms with E-state index in [1.807, 2.05) is 31.2 Å². The van der Waals surface area contributed by atoms with Gasteiger partial charge in [-0.2, -0.15) is 0 Å². The van der Waals surface area contributed by atoms with Crippen molar-refractivity contribution in [3.63, 3.8) is 0 Å². The number of hydrogen-bond acceptors (Lipinski definition) is 3. The second-order valence-corrected chi connectivity index (χ2v) is 4.74. The highest BCUT2D eigenvalue weighted by atomic mass is 16.5. The summed E-state index contributed by atoms with van der Waals surface area (Å²) in [6.45, 7) is 6.49. The predicted molar refractivity (Wildman–Crippen MR) is 78.5 cm³/mol. The van der Waals surface area contributed by atoms with Gasteiger partial charge in [0.05, 0.1) is 26.3 Å². The van der Waals surface area contributed by atoms with Gasteiger partial charge in [-0.25, -0.2) is 0 Å². The number of rotatable bonds is 3. The quantitative estimate of drug-likeness (QED) is 0.837. The van der Waals surface area contributed by atoms with Crippen LogP contribution in [0.3, 0.4) is 0 Å². The summed E-state index contributed by atoms with van der Waals surface area (Å²) in [6.07, 6.45) is 0. The Bertz CT molecular complexity index is 511. The first-order valence-corrected chi connectivity index (χ1v) is 6.87. The Kier molecular flexibility index (Phi) is 5.60. The van der Waals surface area contributed by atoms with Crippen LogP contribution in [0.4, 0.5) is 0 Å². The third-order valence-corrected chi connectivity index (χ3v) is 3.26. The van der Waals surface area contributed by atoms with E-state index in [1.165, 1.54) is 0 Å². The number of morpholine rings is 1. The first kappa shape index (κ1) is 14.6. The van der Waals surface area contributed by atoms with Crippen molar-refractivity contribution < 1.29 is 9.53 Å². The molecule has 0 spiro atoms. The largest absolute Gasteiger partial charge is 0.379 e. The molecule has 2 rings (SSSR count). The van der Waals surface area contributed by atoms with E-state index in [-0.39, 0.29) is 5.91 Å². The SMILES string of the molecule is Cc1ccccc1C(=O)NCC#CCN1CCOCC1. The van der Waals surface area contributed by atoms with E-state index in [1.54, 1.807) is 0 Å². The fourth-order valence-corrected chi connectivity index (χ4v) is 2.04. The van der Waals surface area contributed by atoms with Crippen molar-refractivity contribution in [1.82, 2.24) is 10.2 Å². The molecule has 1 fully saturated rings. The Balaban J connectivity index is 1.73. The summed E-state index contributed by atoms with van der Waals surface area (Å²) in [6, 6.07) is 7.55. The highest BCUT2D eigenvalue weighted by molar-refractivity contribution is 5.95. The number of carbonyl (C=O) groups is 1. The van der Waals surface area contributed by atoms with Crippen molar-refractivity contribution in [3.8, 4) is 11.8 Å². The third kappa shape index (κ3) is 4.37. The van der Waals surface area contributed by atoms with E-state index in [0.29, 0.717) is 12.1 Å². The van der Waals surface area contributed by atoms with Crippen LogP contribution in [0.2, 0.25) is 0 Å². The molecule has 1 aliphatic heterocycles. The Labute approximate surface area is 120 Å². The Morgan fingerprint density at radius 2 is 2.05 bits per heavy atom. The Morgan fingerprint density at radius 3 is 2.80 bits per heavy atom. The molecule has 1 aromatic rings. The van der Waals surface area contributed by atoms with Gasteiger partial charge in [-0.3, -0.25) is 9.69 Å². The van der Waals surface area contributed by atoms with Gasteiger partial charge in [0, 0.05) is 18.7 Å². The average Bonchev–Trinajstić information content (AvgIpc) is 2.48. The molecule has 1 aliphatic rings. The van der Waals surface area contributed by atoms with Crippen LogP contribution in [0, 0.1) is 18.8 Å². The molecular formula is C16H20N2O2. The number of hydrogen-bond donors (Lipinski definition) is 1. The molecule has 4 nitrogen and oxygen atoms in total. The zero-order chi connectivity index (χ0) is 14.2. The van der Waals surface area contributed by atoms with E-state index in [0.717, 1.165) is 38.4 Å². The molecule has 1 aromatic carbocycles. The lowest BCUT2D eigenvalue weighted by Gasteiger charge is -2.24. The molecule has 0 aliphatic carbocycles. The lowest BCUT2D eigenvalue weighted by molar-refractivity contribution is 0.0443. The molecule has 1 heterocycles. The molecule has 20 heavy (non-hydrogen) atoms. The van der Waals surface area contributed by atoms with Crippen molar-refractivity contribution in [1.29, 1.82) is 0 Å². The number of ether oxygens (including phenoxy) is 1. The normalized spacial score (nSPS) is 15.2. The van der Waals surface area contributed by atoms with Crippen LogP contribution in [-0.4, -0.2) is 50.2 Å². The molecular weight excluding hydrogens is 252 g/mol. The average molecular weight is 272 g/mol. The topological polar surface area (TPSA) is 41.6 Å². The molecule has 1 amide bonds. The zero-order valence-corrected chi connectivity index (χ0v) is 11.8. The summed E-state index contributed by atoms with van der Waals surface area (Å²) in [5, 5.41) is 2.82. The van der Waals surface area contributed by atoms with Crippen LogP contribution < -0.4 is 5.32 Å². The standard InChI is InChI=1S/C16H20N2O2/c1-14-6-2-3-7-15(14)16(19)17-8-4-5-9-18-10-12-20-13-11-18/h2-3,6-7H,8-13H2,1H3,(H,17,19). The molecule has 106 valence electrons. The van der Waals surface area contributed by atoms with Gasteiger partial charge < -0.3 is 10.1 Å². The summed E-state index contributed by atoms with van der Waals surface area (Å²) in [5.74, 6) is 6.00. The van der Waals surface area contributed by atoms with Gasteiger partial charge in [0.25, 0.3) is 5.91 Å². The minimum Gasteiger partial charge on any atom is -0.379 e. The van der Waals surface area contributed by atoms with Crippen molar-refractivity contribution >= 4 is 5.91 Å². The van der Waals surface area contributed by atoms with Gasteiger partial charge >= 0.3 is 0 Å². The molecule has 1 N–H and O–H groups in total. The summed E-state index contributed by atoms with van der Waals surface area (Å²) in [7, 11) is 0.